The zero-order valence-corrected chi connectivity index (χ0v) is 13.9. The van der Waals surface area contributed by atoms with Crippen molar-refractivity contribution in [2.45, 2.75) is 6.54 Å². The van der Waals surface area contributed by atoms with Crippen LogP contribution in [0.2, 0.25) is 10.2 Å². The molecule has 0 fully saturated rings. The molecular weight excluding hydrogens is 345 g/mol. The van der Waals surface area contributed by atoms with Crippen molar-refractivity contribution in [2.75, 3.05) is 0 Å². The number of rotatable bonds is 3. The molecule has 0 aliphatic heterocycles. The van der Waals surface area contributed by atoms with E-state index in [1.807, 2.05) is 54.6 Å². The Hall–Kier alpha value is -2.50. The monoisotopic (exact) mass is 355 g/mol. The Morgan fingerprint density at radius 1 is 0.875 bits per heavy atom. The summed E-state index contributed by atoms with van der Waals surface area (Å²) in [5.41, 5.74) is 2.87. The molecule has 5 nitrogen and oxygen atoms in total. The van der Waals surface area contributed by atoms with Crippen molar-refractivity contribution < 1.29 is 0 Å². The molecular formula is C17H11Cl2N5. The van der Waals surface area contributed by atoms with Crippen LogP contribution in [0.15, 0.2) is 54.6 Å². The molecule has 0 unspecified atom stereocenters. The summed E-state index contributed by atoms with van der Waals surface area (Å²) in [6, 6.07) is 17.2. The first-order valence-corrected chi connectivity index (χ1v) is 8.03. The molecule has 0 aliphatic rings. The molecule has 24 heavy (non-hydrogen) atoms. The minimum absolute atomic E-state index is 0.282. The Labute approximate surface area is 147 Å². The van der Waals surface area contributed by atoms with E-state index >= 15 is 0 Å². The largest absolute Gasteiger partial charge is 0.222 e. The van der Waals surface area contributed by atoms with Gasteiger partial charge < -0.3 is 0 Å². The molecule has 0 bridgehead atoms. The number of fused-ring (bicyclic) bond motifs is 1. The molecule has 2 aromatic carbocycles. The van der Waals surface area contributed by atoms with Crippen molar-refractivity contribution in [1.29, 1.82) is 0 Å². The highest BCUT2D eigenvalue weighted by atomic mass is 35.5. The molecule has 2 heterocycles. The maximum absolute atomic E-state index is 6.27. The summed E-state index contributed by atoms with van der Waals surface area (Å²) in [5, 5.41) is 9.19. The lowest BCUT2D eigenvalue weighted by molar-refractivity contribution is 0.664. The molecule has 4 rings (SSSR count). The van der Waals surface area contributed by atoms with E-state index in [4.69, 9.17) is 23.2 Å². The van der Waals surface area contributed by atoms with Crippen LogP contribution in [0.25, 0.3) is 22.6 Å². The maximum Gasteiger partial charge on any atom is 0.184 e. The molecule has 4 aromatic rings. The van der Waals surface area contributed by atoms with Crippen molar-refractivity contribution >= 4 is 34.4 Å². The highest BCUT2D eigenvalue weighted by molar-refractivity contribution is 6.33. The van der Waals surface area contributed by atoms with Crippen LogP contribution in [0.5, 0.6) is 0 Å². The van der Waals surface area contributed by atoms with Crippen molar-refractivity contribution in [1.82, 2.24) is 25.0 Å². The zero-order chi connectivity index (χ0) is 16.5. The average molecular weight is 356 g/mol. The van der Waals surface area contributed by atoms with Gasteiger partial charge >= 0.3 is 0 Å². The van der Waals surface area contributed by atoms with Gasteiger partial charge in [-0.05, 0) is 11.6 Å². The van der Waals surface area contributed by atoms with Gasteiger partial charge in [0, 0.05) is 10.6 Å². The van der Waals surface area contributed by atoms with Crippen molar-refractivity contribution in [3.05, 3.63) is 70.3 Å². The molecule has 0 aliphatic carbocycles. The van der Waals surface area contributed by atoms with Gasteiger partial charge in [0.1, 0.15) is 0 Å². The Morgan fingerprint density at radius 3 is 2.42 bits per heavy atom. The predicted octanol–water partition coefficient (Wildman–Crippen LogP) is 4.24. The van der Waals surface area contributed by atoms with Crippen LogP contribution >= 0.6 is 23.2 Å². The van der Waals surface area contributed by atoms with Crippen LogP contribution < -0.4 is 0 Å². The van der Waals surface area contributed by atoms with Gasteiger partial charge in [0.25, 0.3) is 0 Å². The normalized spacial score (nSPS) is 11.1. The van der Waals surface area contributed by atoms with Gasteiger partial charge in [-0.2, -0.15) is 0 Å². The molecule has 0 atom stereocenters. The third-order valence-electron chi connectivity index (χ3n) is 3.63. The maximum atomic E-state index is 6.27. The van der Waals surface area contributed by atoms with Crippen molar-refractivity contribution in [2.24, 2.45) is 0 Å². The molecule has 0 amide bonds. The van der Waals surface area contributed by atoms with E-state index in [0.29, 0.717) is 28.6 Å². The van der Waals surface area contributed by atoms with Crippen LogP contribution in [-0.2, 0) is 6.54 Å². The lowest BCUT2D eigenvalue weighted by Crippen LogP contribution is -2.04. The van der Waals surface area contributed by atoms with Crippen LogP contribution in [0.1, 0.15) is 5.56 Å². The Kier molecular flexibility index (Phi) is 3.88. The first-order valence-electron chi connectivity index (χ1n) is 7.28. The fraction of sp³-hybridized carbons (Fsp3) is 0.0588. The van der Waals surface area contributed by atoms with Gasteiger partial charge in [-0.15, -0.1) is 5.10 Å². The Bertz CT molecular complexity index is 1010. The van der Waals surface area contributed by atoms with E-state index in [-0.39, 0.29) is 5.15 Å². The van der Waals surface area contributed by atoms with E-state index in [2.05, 4.69) is 20.3 Å². The molecule has 7 heteroatoms. The third-order valence-corrected chi connectivity index (χ3v) is 4.26. The Morgan fingerprint density at radius 2 is 1.62 bits per heavy atom. The molecule has 118 valence electrons. The predicted molar refractivity (Wildman–Crippen MR) is 94.1 cm³/mol. The van der Waals surface area contributed by atoms with E-state index in [1.54, 1.807) is 4.68 Å². The van der Waals surface area contributed by atoms with Gasteiger partial charge in [-0.1, -0.05) is 76.9 Å². The lowest BCUT2D eigenvalue weighted by atomic mass is 10.2. The summed E-state index contributed by atoms with van der Waals surface area (Å²) in [6.07, 6.45) is 0. The van der Waals surface area contributed by atoms with Crippen LogP contribution in [0.3, 0.4) is 0 Å². The molecule has 0 spiro atoms. The quantitative estimate of drug-likeness (QED) is 0.515. The number of nitrogens with zero attached hydrogens (tertiary/aromatic N) is 5. The fourth-order valence-corrected chi connectivity index (χ4v) is 2.83. The Balaban J connectivity index is 1.83. The molecule has 0 saturated heterocycles. The van der Waals surface area contributed by atoms with E-state index < -0.39 is 0 Å². The molecule has 2 aromatic heterocycles. The lowest BCUT2D eigenvalue weighted by Gasteiger charge is -2.05. The highest BCUT2D eigenvalue weighted by Crippen LogP contribution is 2.24. The van der Waals surface area contributed by atoms with Crippen molar-refractivity contribution in [3.8, 4) is 11.4 Å². The minimum atomic E-state index is 0.282. The first kappa shape index (κ1) is 15.1. The van der Waals surface area contributed by atoms with Crippen LogP contribution in [0, 0.1) is 0 Å². The number of aromatic nitrogens is 5. The molecule has 0 saturated carbocycles. The van der Waals surface area contributed by atoms with Crippen molar-refractivity contribution in [3.63, 3.8) is 0 Å². The average Bonchev–Trinajstić information content (AvgIpc) is 3.01. The van der Waals surface area contributed by atoms with E-state index in [0.717, 1.165) is 11.1 Å². The second-order valence-electron chi connectivity index (χ2n) is 5.21. The molecule has 0 N–H and O–H groups in total. The van der Waals surface area contributed by atoms with E-state index in [9.17, 15) is 0 Å². The number of hydrogen-bond donors (Lipinski definition) is 0. The van der Waals surface area contributed by atoms with Gasteiger partial charge in [0.05, 0.1) is 6.54 Å². The van der Waals surface area contributed by atoms with Gasteiger partial charge in [0.15, 0.2) is 22.1 Å². The number of benzene rings is 2. The minimum Gasteiger partial charge on any atom is -0.222 e. The smallest absolute Gasteiger partial charge is 0.184 e. The summed E-state index contributed by atoms with van der Waals surface area (Å²) in [5.74, 6) is 0.538. The number of halogens is 2. The van der Waals surface area contributed by atoms with Crippen LogP contribution in [-0.4, -0.2) is 25.0 Å². The summed E-state index contributed by atoms with van der Waals surface area (Å²) in [7, 11) is 0. The van der Waals surface area contributed by atoms with Gasteiger partial charge in [-0.3, -0.25) is 0 Å². The topological polar surface area (TPSA) is 56.5 Å². The standard InChI is InChI=1S/C17H11Cl2N5/c18-13-9-5-4-8-12(13)10-24-17-14(22-23-24)15(19)20-16(21-17)11-6-2-1-3-7-11/h1-9H,10H2. The second kappa shape index (κ2) is 6.19. The summed E-state index contributed by atoms with van der Waals surface area (Å²) < 4.78 is 1.68. The van der Waals surface area contributed by atoms with Crippen LogP contribution in [0.4, 0.5) is 0 Å². The highest BCUT2D eigenvalue weighted by Gasteiger charge is 2.15. The summed E-state index contributed by atoms with van der Waals surface area (Å²) in [6.45, 7) is 0.456. The SMILES string of the molecule is Clc1ccccc1Cn1nnc2c(Cl)nc(-c3ccccc3)nc21. The first-order chi connectivity index (χ1) is 11.7. The van der Waals surface area contributed by atoms with E-state index in [1.165, 1.54) is 0 Å². The summed E-state index contributed by atoms with van der Waals surface area (Å²) >= 11 is 12.5. The van der Waals surface area contributed by atoms with Gasteiger partial charge in [0.2, 0.25) is 0 Å². The molecule has 0 radical (unpaired) electrons. The van der Waals surface area contributed by atoms with Gasteiger partial charge in [-0.25, -0.2) is 14.6 Å². The second-order valence-corrected chi connectivity index (χ2v) is 5.98. The summed E-state index contributed by atoms with van der Waals surface area (Å²) in [4.78, 5) is 8.91. The third kappa shape index (κ3) is 2.72. The fourth-order valence-electron chi connectivity index (χ4n) is 2.43. The zero-order valence-electron chi connectivity index (χ0n) is 12.4. The number of hydrogen-bond acceptors (Lipinski definition) is 4.